The number of nitrogens with two attached hydrogens (primary N) is 1. The van der Waals surface area contributed by atoms with Gasteiger partial charge < -0.3 is 20.1 Å². The van der Waals surface area contributed by atoms with Gasteiger partial charge in [-0.05, 0) is 26.1 Å². The highest BCUT2D eigenvalue weighted by Gasteiger charge is 2.24. The molecule has 0 saturated carbocycles. The minimum Gasteiger partial charge on any atom is -0.398 e. The fourth-order valence-corrected chi connectivity index (χ4v) is 3.06. The van der Waals surface area contributed by atoms with E-state index in [9.17, 15) is 9.59 Å². The maximum Gasteiger partial charge on any atom is 0.259 e. The summed E-state index contributed by atoms with van der Waals surface area (Å²) in [5, 5.41) is 0.439. The zero-order valence-corrected chi connectivity index (χ0v) is 13.6. The molecule has 0 bridgehead atoms. The lowest BCUT2D eigenvalue weighted by Gasteiger charge is -2.32. The second-order valence-electron chi connectivity index (χ2n) is 5.99. The van der Waals surface area contributed by atoms with Crippen LogP contribution in [0.15, 0.2) is 29.2 Å². The maximum absolute atomic E-state index is 12.8. The van der Waals surface area contributed by atoms with Gasteiger partial charge in [0.1, 0.15) is 5.56 Å². The number of hydrogen-bond donors (Lipinski definition) is 1. The van der Waals surface area contributed by atoms with Crippen LogP contribution in [-0.2, 0) is 6.54 Å². The first-order valence-corrected chi connectivity index (χ1v) is 7.92. The molecule has 1 aromatic carbocycles. The number of aryl methyl sites for hydroxylation is 1. The average molecular weight is 314 g/mol. The van der Waals surface area contributed by atoms with Gasteiger partial charge in [-0.3, -0.25) is 9.59 Å². The third-order valence-electron chi connectivity index (χ3n) is 4.50. The lowest BCUT2D eigenvalue weighted by atomic mass is 10.1. The Hall–Kier alpha value is -2.34. The number of likely N-dealkylation sites (N-methyl/N-ethyl adjacent to an activating group) is 1. The zero-order valence-electron chi connectivity index (χ0n) is 13.6. The monoisotopic (exact) mass is 314 g/mol. The summed E-state index contributed by atoms with van der Waals surface area (Å²) in [4.78, 5) is 29.5. The molecular formula is C17H22N4O2. The van der Waals surface area contributed by atoms with E-state index in [1.807, 2.05) is 30.7 Å². The van der Waals surface area contributed by atoms with Crippen LogP contribution in [0.2, 0.25) is 0 Å². The van der Waals surface area contributed by atoms with Crippen molar-refractivity contribution in [1.29, 1.82) is 0 Å². The molecule has 1 saturated heterocycles. The Morgan fingerprint density at radius 2 is 1.91 bits per heavy atom. The lowest BCUT2D eigenvalue weighted by molar-refractivity contribution is 0.0662. The molecule has 1 fully saturated rings. The van der Waals surface area contributed by atoms with Gasteiger partial charge in [0, 0.05) is 44.6 Å². The van der Waals surface area contributed by atoms with E-state index in [0.717, 1.165) is 18.6 Å². The van der Waals surface area contributed by atoms with E-state index in [-0.39, 0.29) is 16.9 Å². The molecule has 0 unspecified atom stereocenters. The number of fused-ring (bicyclic) bond motifs is 1. The fourth-order valence-electron chi connectivity index (χ4n) is 3.06. The van der Waals surface area contributed by atoms with E-state index in [4.69, 9.17) is 5.73 Å². The molecule has 0 atom stereocenters. The van der Waals surface area contributed by atoms with Gasteiger partial charge in [0.05, 0.1) is 10.9 Å². The molecule has 2 N–H and O–H groups in total. The van der Waals surface area contributed by atoms with E-state index in [1.54, 1.807) is 17.2 Å². The number of carbonyl (C=O) groups is 1. The predicted octanol–water partition coefficient (Wildman–Crippen LogP) is 0.991. The van der Waals surface area contributed by atoms with Crippen LogP contribution in [0.25, 0.3) is 10.9 Å². The Morgan fingerprint density at radius 3 is 2.57 bits per heavy atom. The Morgan fingerprint density at radius 1 is 1.22 bits per heavy atom. The fraction of sp³-hybridized carbons (Fsp3) is 0.412. The molecule has 1 aliphatic rings. The Bertz CT molecular complexity index is 804. The van der Waals surface area contributed by atoms with Crippen LogP contribution in [0, 0.1) is 0 Å². The summed E-state index contributed by atoms with van der Waals surface area (Å²) in [6, 6.07) is 5.39. The van der Waals surface area contributed by atoms with Gasteiger partial charge >= 0.3 is 0 Å². The SMILES string of the molecule is CCn1cc(C(=O)N2CCN(C)CC2)c(=O)c2c(N)cccc21. The van der Waals surface area contributed by atoms with Crippen LogP contribution in [0.5, 0.6) is 0 Å². The van der Waals surface area contributed by atoms with Gasteiger partial charge in [0.2, 0.25) is 5.43 Å². The summed E-state index contributed by atoms with van der Waals surface area (Å²) in [6.07, 6.45) is 1.67. The lowest BCUT2D eigenvalue weighted by Crippen LogP contribution is -2.48. The van der Waals surface area contributed by atoms with Gasteiger partial charge in [-0.15, -0.1) is 0 Å². The highest BCUT2D eigenvalue weighted by molar-refractivity contribution is 6.00. The largest absolute Gasteiger partial charge is 0.398 e. The number of amides is 1. The van der Waals surface area contributed by atoms with Crippen LogP contribution >= 0.6 is 0 Å². The average Bonchev–Trinajstić information content (AvgIpc) is 2.55. The van der Waals surface area contributed by atoms with E-state index in [1.165, 1.54) is 0 Å². The molecule has 122 valence electrons. The summed E-state index contributed by atoms with van der Waals surface area (Å²) in [5.74, 6) is -0.199. The molecule has 0 radical (unpaired) electrons. The minimum atomic E-state index is -0.272. The molecule has 1 aromatic heterocycles. The first-order chi connectivity index (χ1) is 11.0. The number of piperazine rings is 1. The summed E-state index contributed by atoms with van der Waals surface area (Å²) >= 11 is 0. The second-order valence-corrected chi connectivity index (χ2v) is 5.99. The van der Waals surface area contributed by atoms with Crippen molar-refractivity contribution >= 4 is 22.5 Å². The van der Waals surface area contributed by atoms with Crippen LogP contribution in [0.1, 0.15) is 17.3 Å². The summed E-state index contributed by atoms with van der Waals surface area (Å²) in [7, 11) is 2.03. The van der Waals surface area contributed by atoms with Gasteiger partial charge in [0.15, 0.2) is 0 Å². The number of rotatable bonds is 2. The third kappa shape index (κ3) is 2.70. The number of carbonyl (C=O) groups excluding carboxylic acids is 1. The van der Waals surface area contributed by atoms with E-state index >= 15 is 0 Å². The molecule has 6 nitrogen and oxygen atoms in total. The molecule has 0 spiro atoms. The molecule has 0 aliphatic carbocycles. The third-order valence-corrected chi connectivity index (χ3v) is 4.50. The normalized spacial score (nSPS) is 16.0. The highest BCUT2D eigenvalue weighted by Crippen LogP contribution is 2.19. The van der Waals surface area contributed by atoms with Gasteiger partial charge in [-0.25, -0.2) is 0 Å². The topological polar surface area (TPSA) is 71.6 Å². The summed E-state index contributed by atoms with van der Waals surface area (Å²) in [5.41, 5.74) is 7.13. The quantitative estimate of drug-likeness (QED) is 0.839. The van der Waals surface area contributed by atoms with E-state index in [0.29, 0.717) is 30.7 Å². The zero-order chi connectivity index (χ0) is 16.6. The van der Waals surface area contributed by atoms with Crippen molar-refractivity contribution in [2.24, 2.45) is 0 Å². The second kappa shape index (κ2) is 6.04. The number of anilines is 1. The predicted molar refractivity (Wildman–Crippen MR) is 91.7 cm³/mol. The van der Waals surface area contributed by atoms with Crippen molar-refractivity contribution in [2.75, 3.05) is 39.0 Å². The first kappa shape index (κ1) is 15.6. The molecule has 6 heteroatoms. The van der Waals surface area contributed by atoms with Gasteiger partial charge in [-0.1, -0.05) is 6.07 Å². The number of nitrogens with zero attached hydrogens (tertiary/aromatic N) is 3. The number of aromatic nitrogens is 1. The number of pyridine rings is 1. The van der Waals surface area contributed by atoms with E-state index in [2.05, 4.69) is 4.90 Å². The Labute approximate surface area is 135 Å². The highest BCUT2D eigenvalue weighted by atomic mass is 16.2. The molecule has 3 rings (SSSR count). The van der Waals surface area contributed by atoms with Crippen LogP contribution in [0.4, 0.5) is 5.69 Å². The maximum atomic E-state index is 12.8. The molecule has 2 aromatic rings. The molecular weight excluding hydrogens is 292 g/mol. The standard InChI is InChI=1S/C17H22N4O2/c1-3-20-11-12(17(23)21-9-7-19(2)8-10-21)16(22)15-13(18)5-4-6-14(15)20/h4-6,11H,3,7-10,18H2,1-2H3. The number of nitrogen functional groups attached to an aromatic ring is 1. The van der Waals surface area contributed by atoms with Crippen molar-refractivity contribution in [1.82, 2.24) is 14.4 Å². The number of benzene rings is 1. The van der Waals surface area contributed by atoms with Crippen LogP contribution in [-0.4, -0.2) is 53.5 Å². The molecule has 23 heavy (non-hydrogen) atoms. The molecule has 2 heterocycles. The minimum absolute atomic E-state index is 0.199. The Balaban J connectivity index is 2.11. The van der Waals surface area contributed by atoms with Crippen molar-refractivity contribution in [3.63, 3.8) is 0 Å². The van der Waals surface area contributed by atoms with Crippen molar-refractivity contribution < 1.29 is 4.79 Å². The van der Waals surface area contributed by atoms with Crippen molar-refractivity contribution in [3.05, 3.63) is 40.2 Å². The molecule has 1 amide bonds. The summed E-state index contributed by atoms with van der Waals surface area (Å²) in [6.45, 7) is 5.58. The Kier molecular flexibility index (Phi) is 4.09. The first-order valence-electron chi connectivity index (χ1n) is 7.92. The van der Waals surface area contributed by atoms with Crippen LogP contribution in [0.3, 0.4) is 0 Å². The number of hydrogen-bond acceptors (Lipinski definition) is 4. The van der Waals surface area contributed by atoms with Crippen molar-refractivity contribution in [3.8, 4) is 0 Å². The van der Waals surface area contributed by atoms with E-state index < -0.39 is 0 Å². The molecule has 1 aliphatic heterocycles. The smallest absolute Gasteiger partial charge is 0.259 e. The van der Waals surface area contributed by atoms with Crippen LogP contribution < -0.4 is 11.2 Å². The van der Waals surface area contributed by atoms with Gasteiger partial charge in [-0.2, -0.15) is 0 Å². The summed E-state index contributed by atoms with van der Waals surface area (Å²) < 4.78 is 1.91. The van der Waals surface area contributed by atoms with Crippen molar-refractivity contribution in [2.45, 2.75) is 13.5 Å². The van der Waals surface area contributed by atoms with Gasteiger partial charge in [0.25, 0.3) is 5.91 Å².